The van der Waals surface area contributed by atoms with E-state index in [2.05, 4.69) is 24.5 Å². The minimum absolute atomic E-state index is 0.116. The molecule has 3 nitrogen and oxygen atoms in total. The van der Waals surface area contributed by atoms with Gasteiger partial charge in [-0.1, -0.05) is 0 Å². The van der Waals surface area contributed by atoms with Gasteiger partial charge < -0.3 is 10.6 Å². The molecule has 2 aliphatic rings. The fourth-order valence-electron chi connectivity index (χ4n) is 2.60. The SMILES string of the molecule is C[C@H]1C[C@@H](C(=O)NC2(C)CCC2)CCN1. The van der Waals surface area contributed by atoms with Crippen LogP contribution in [0.25, 0.3) is 0 Å². The molecule has 15 heavy (non-hydrogen) atoms. The lowest BCUT2D eigenvalue weighted by Crippen LogP contribution is -2.54. The number of hydrogen-bond acceptors (Lipinski definition) is 2. The Labute approximate surface area is 92.0 Å². The van der Waals surface area contributed by atoms with E-state index >= 15 is 0 Å². The molecule has 0 aromatic carbocycles. The molecule has 0 radical (unpaired) electrons. The van der Waals surface area contributed by atoms with Crippen LogP contribution < -0.4 is 10.6 Å². The van der Waals surface area contributed by atoms with Gasteiger partial charge in [0, 0.05) is 17.5 Å². The zero-order chi connectivity index (χ0) is 10.9. The van der Waals surface area contributed by atoms with E-state index in [1.165, 1.54) is 6.42 Å². The molecule has 3 heteroatoms. The Morgan fingerprint density at radius 2 is 2.20 bits per heavy atom. The van der Waals surface area contributed by atoms with Gasteiger partial charge in [0.05, 0.1) is 0 Å². The Hall–Kier alpha value is -0.570. The molecule has 2 fully saturated rings. The summed E-state index contributed by atoms with van der Waals surface area (Å²) in [5.41, 5.74) is 0.116. The van der Waals surface area contributed by atoms with Crippen molar-refractivity contribution in [3.8, 4) is 0 Å². The van der Waals surface area contributed by atoms with Crippen molar-refractivity contribution in [2.24, 2.45) is 5.92 Å². The molecule has 1 aliphatic heterocycles. The number of rotatable bonds is 2. The third kappa shape index (κ3) is 2.51. The van der Waals surface area contributed by atoms with Gasteiger partial charge in [0.15, 0.2) is 0 Å². The molecule has 2 rings (SSSR count). The molecule has 2 atom stereocenters. The van der Waals surface area contributed by atoms with Crippen LogP contribution in [-0.2, 0) is 4.79 Å². The van der Waals surface area contributed by atoms with Crippen molar-refractivity contribution in [3.63, 3.8) is 0 Å². The van der Waals surface area contributed by atoms with Gasteiger partial charge in [-0.25, -0.2) is 0 Å². The maximum absolute atomic E-state index is 12.0. The summed E-state index contributed by atoms with van der Waals surface area (Å²) in [5, 5.41) is 6.59. The highest BCUT2D eigenvalue weighted by molar-refractivity contribution is 5.79. The Bertz CT molecular complexity index is 248. The first-order valence-corrected chi connectivity index (χ1v) is 6.14. The first-order chi connectivity index (χ1) is 7.09. The smallest absolute Gasteiger partial charge is 0.223 e. The zero-order valence-corrected chi connectivity index (χ0v) is 9.81. The van der Waals surface area contributed by atoms with E-state index in [1.54, 1.807) is 0 Å². The summed E-state index contributed by atoms with van der Waals surface area (Å²) in [4.78, 5) is 12.0. The van der Waals surface area contributed by atoms with E-state index in [0.717, 1.165) is 32.2 Å². The molecule has 1 heterocycles. The molecule has 0 spiro atoms. The summed E-state index contributed by atoms with van der Waals surface area (Å²) in [5.74, 6) is 0.518. The van der Waals surface area contributed by atoms with Crippen molar-refractivity contribution in [1.29, 1.82) is 0 Å². The van der Waals surface area contributed by atoms with Crippen molar-refractivity contribution in [2.45, 2.75) is 57.5 Å². The van der Waals surface area contributed by atoms with Gasteiger partial charge in [0.25, 0.3) is 0 Å². The molecule has 2 N–H and O–H groups in total. The number of piperidine rings is 1. The fourth-order valence-corrected chi connectivity index (χ4v) is 2.60. The molecular weight excluding hydrogens is 188 g/mol. The van der Waals surface area contributed by atoms with Crippen molar-refractivity contribution < 1.29 is 4.79 Å². The van der Waals surface area contributed by atoms with Gasteiger partial charge in [-0.05, 0) is 52.5 Å². The number of carbonyl (C=O) groups is 1. The predicted molar refractivity (Wildman–Crippen MR) is 60.6 cm³/mol. The highest BCUT2D eigenvalue weighted by Gasteiger charge is 2.35. The lowest BCUT2D eigenvalue weighted by Gasteiger charge is -2.41. The maximum Gasteiger partial charge on any atom is 0.223 e. The number of hydrogen-bond donors (Lipinski definition) is 2. The van der Waals surface area contributed by atoms with Gasteiger partial charge >= 0.3 is 0 Å². The van der Waals surface area contributed by atoms with Crippen LogP contribution in [0.15, 0.2) is 0 Å². The van der Waals surface area contributed by atoms with Gasteiger partial charge in [-0.2, -0.15) is 0 Å². The molecule has 1 saturated heterocycles. The Morgan fingerprint density at radius 1 is 1.47 bits per heavy atom. The zero-order valence-electron chi connectivity index (χ0n) is 9.81. The van der Waals surface area contributed by atoms with E-state index < -0.39 is 0 Å². The number of carbonyl (C=O) groups excluding carboxylic acids is 1. The Morgan fingerprint density at radius 3 is 2.73 bits per heavy atom. The third-order valence-electron chi connectivity index (χ3n) is 3.88. The third-order valence-corrected chi connectivity index (χ3v) is 3.88. The van der Waals surface area contributed by atoms with E-state index in [-0.39, 0.29) is 17.4 Å². The summed E-state index contributed by atoms with van der Waals surface area (Å²) in [6, 6.07) is 0.490. The number of amides is 1. The number of nitrogens with one attached hydrogen (secondary N) is 2. The molecule has 0 aromatic heterocycles. The molecule has 0 aromatic rings. The summed E-state index contributed by atoms with van der Waals surface area (Å²) in [6.07, 6.45) is 5.55. The topological polar surface area (TPSA) is 41.1 Å². The van der Waals surface area contributed by atoms with Crippen molar-refractivity contribution in [1.82, 2.24) is 10.6 Å². The monoisotopic (exact) mass is 210 g/mol. The summed E-state index contributed by atoms with van der Waals surface area (Å²) < 4.78 is 0. The van der Waals surface area contributed by atoms with Gasteiger partial charge in [-0.15, -0.1) is 0 Å². The normalized spacial score (nSPS) is 34.3. The van der Waals surface area contributed by atoms with Gasteiger partial charge in [-0.3, -0.25) is 4.79 Å². The van der Waals surface area contributed by atoms with Crippen LogP contribution in [-0.4, -0.2) is 24.0 Å². The molecule has 0 bridgehead atoms. The van der Waals surface area contributed by atoms with Crippen LogP contribution in [0.1, 0.15) is 46.0 Å². The van der Waals surface area contributed by atoms with Crippen LogP contribution >= 0.6 is 0 Å². The Balaban J connectivity index is 1.84. The predicted octanol–water partition coefficient (Wildman–Crippen LogP) is 1.43. The molecule has 86 valence electrons. The van der Waals surface area contributed by atoms with E-state index in [1.807, 2.05) is 0 Å². The standard InChI is InChI=1S/C12H22N2O/c1-9-8-10(4-7-13-9)11(15)14-12(2)5-3-6-12/h9-10,13H,3-8H2,1-2H3,(H,14,15)/t9-,10-/m0/s1. The second-order valence-electron chi connectivity index (χ2n) is 5.48. The minimum Gasteiger partial charge on any atom is -0.351 e. The van der Waals surface area contributed by atoms with Crippen LogP contribution in [0, 0.1) is 5.92 Å². The highest BCUT2D eigenvalue weighted by atomic mass is 16.2. The summed E-state index contributed by atoms with van der Waals surface area (Å²) in [6.45, 7) is 5.30. The van der Waals surface area contributed by atoms with Crippen LogP contribution in [0.4, 0.5) is 0 Å². The lowest BCUT2D eigenvalue weighted by molar-refractivity contribution is -0.128. The first kappa shape index (κ1) is 10.9. The highest BCUT2D eigenvalue weighted by Crippen LogP contribution is 2.31. The molecular formula is C12H22N2O. The lowest BCUT2D eigenvalue weighted by atomic mass is 9.78. The van der Waals surface area contributed by atoms with Gasteiger partial charge in [0.1, 0.15) is 0 Å². The van der Waals surface area contributed by atoms with Crippen LogP contribution in [0.2, 0.25) is 0 Å². The quantitative estimate of drug-likeness (QED) is 0.724. The summed E-state index contributed by atoms with van der Waals surface area (Å²) in [7, 11) is 0. The fraction of sp³-hybridized carbons (Fsp3) is 0.917. The Kier molecular flexibility index (Phi) is 3.01. The second kappa shape index (κ2) is 4.12. The average Bonchev–Trinajstić information content (AvgIpc) is 2.15. The average molecular weight is 210 g/mol. The van der Waals surface area contributed by atoms with Gasteiger partial charge in [0.2, 0.25) is 5.91 Å². The van der Waals surface area contributed by atoms with E-state index in [0.29, 0.717) is 6.04 Å². The molecule has 1 aliphatic carbocycles. The molecule has 0 unspecified atom stereocenters. The van der Waals surface area contributed by atoms with Crippen molar-refractivity contribution in [3.05, 3.63) is 0 Å². The largest absolute Gasteiger partial charge is 0.351 e. The second-order valence-corrected chi connectivity index (χ2v) is 5.48. The van der Waals surface area contributed by atoms with Crippen LogP contribution in [0.3, 0.4) is 0 Å². The van der Waals surface area contributed by atoms with Crippen LogP contribution in [0.5, 0.6) is 0 Å². The van der Waals surface area contributed by atoms with E-state index in [4.69, 9.17) is 0 Å². The minimum atomic E-state index is 0.116. The van der Waals surface area contributed by atoms with Crippen molar-refractivity contribution >= 4 is 5.91 Å². The van der Waals surface area contributed by atoms with Crippen molar-refractivity contribution in [2.75, 3.05) is 6.54 Å². The van der Waals surface area contributed by atoms with E-state index in [9.17, 15) is 4.79 Å². The molecule has 1 amide bonds. The summed E-state index contributed by atoms with van der Waals surface area (Å²) >= 11 is 0. The maximum atomic E-state index is 12.0. The first-order valence-electron chi connectivity index (χ1n) is 6.14. The molecule has 1 saturated carbocycles.